The summed E-state index contributed by atoms with van der Waals surface area (Å²) >= 11 is 5.37. The summed E-state index contributed by atoms with van der Waals surface area (Å²) in [6.45, 7) is 2.04. The Kier molecular flexibility index (Phi) is 7.55. The SMILES string of the molecule is Cn1c2c(c3ccc(Br)nc31)CNCC2.Cn1c2ccncc2c2ccc(Br)nc21.[O]=[Mn]=[O]. The number of fused-ring (bicyclic) bond motifs is 6. The molecule has 33 heavy (non-hydrogen) atoms. The predicted octanol–water partition coefficient (Wildman–Crippen LogP) is 4.63. The van der Waals surface area contributed by atoms with Crippen molar-refractivity contribution in [3.05, 3.63) is 63.2 Å². The predicted molar refractivity (Wildman–Crippen MR) is 129 cm³/mol. The van der Waals surface area contributed by atoms with Crippen molar-refractivity contribution >= 4 is 64.8 Å². The monoisotopic (exact) mass is 613 g/mol. The summed E-state index contributed by atoms with van der Waals surface area (Å²) in [6.07, 6.45) is 4.78. The molecule has 171 valence electrons. The van der Waals surface area contributed by atoms with Gasteiger partial charge in [-0.2, -0.15) is 0 Å². The third-order valence-electron chi connectivity index (χ3n) is 5.69. The molecule has 1 N–H and O–H groups in total. The number of rotatable bonds is 0. The van der Waals surface area contributed by atoms with E-state index in [1.165, 1.54) is 16.6 Å². The maximum absolute atomic E-state index is 8.41. The molecule has 1 aliphatic rings. The first kappa shape index (κ1) is 24.0. The molecule has 6 rings (SSSR count). The third-order valence-corrected chi connectivity index (χ3v) is 6.57. The minimum absolute atomic E-state index is 0.855. The van der Waals surface area contributed by atoms with Gasteiger partial charge in [-0.15, -0.1) is 0 Å². The van der Waals surface area contributed by atoms with Crippen molar-refractivity contribution in [2.45, 2.75) is 13.0 Å². The molecule has 0 atom stereocenters. The molecule has 5 aromatic heterocycles. The van der Waals surface area contributed by atoms with Gasteiger partial charge in [0.1, 0.15) is 20.5 Å². The molecule has 8 nitrogen and oxygen atoms in total. The maximum atomic E-state index is 8.41. The molecule has 0 aromatic carbocycles. The van der Waals surface area contributed by atoms with E-state index in [1.54, 1.807) is 6.20 Å². The summed E-state index contributed by atoms with van der Waals surface area (Å²) in [5, 5.41) is 6.98. The average Bonchev–Trinajstić information content (AvgIpc) is 3.26. The summed E-state index contributed by atoms with van der Waals surface area (Å²) in [4.78, 5) is 13.1. The van der Waals surface area contributed by atoms with E-state index in [0.717, 1.165) is 56.3 Å². The van der Waals surface area contributed by atoms with Crippen molar-refractivity contribution < 1.29 is 22.5 Å². The zero-order chi connectivity index (χ0) is 23.5. The van der Waals surface area contributed by atoms with Crippen LogP contribution in [0.3, 0.4) is 0 Å². The normalized spacial score (nSPS) is 12.6. The summed E-state index contributed by atoms with van der Waals surface area (Å²) < 4.78 is 22.9. The number of halogens is 2. The molecule has 0 aliphatic carbocycles. The van der Waals surface area contributed by atoms with Gasteiger partial charge in [0, 0.05) is 67.9 Å². The van der Waals surface area contributed by atoms with Gasteiger partial charge >= 0.3 is 22.5 Å². The molecule has 0 saturated heterocycles. The van der Waals surface area contributed by atoms with Crippen LogP contribution in [-0.4, -0.2) is 30.6 Å². The van der Waals surface area contributed by atoms with Crippen LogP contribution in [0.15, 0.2) is 51.9 Å². The van der Waals surface area contributed by atoms with Gasteiger partial charge in [0.15, 0.2) is 0 Å². The second-order valence-electron chi connectivity index (χ2n) is 7.44. The fraction of sp³-hybridized carbons (Fsp3) is 0.227. The molecule has 5 aromatic rings. The Morgan fingerprint density at radius 1 is 0.909 bits per heavy atom. The van der Waals surface area contributed by atoms with Gasteiger partial charge in [0.25, 0.3) is 0 Å². The van der Waals surface area contributed by atoms with Crippen molar-refractivity contribution in [2.24, 2.45) is 14.1 Å². The summed E-state index contributed by atoms with van der Waals surface area (Å²) in [5.74, 6) is 0. The van der Waals surface area contributed by atoms with Crippen LogP contribution in [0.1, 0.15) is 11.3 Å². The Morgan fingerprint density at radius 2 is 1.55 bits per heavy atom. The van der Waals surface area contributed by atoms with Gasteiger partial charge < -0.3 is 14.5 Å². The van der Waals surface area contributed by atoms with E-state index in [4.69, 9.17) is 7.67 Å². The standard InChI is InChI=1S/C11H12BrN3.C11H8BrN3.Mn.2O/c2*1-15-9-4-5-13-6-8(9)7-2-3-10(12)14-11(7)15;;;/h2-3,13H,4-6H2,1H3;2-6H,1H3;;;. The van der Waals surface area contributed by atoms with E-state index in [2.05, 4.69) is 80.4 Å². The van der Waals surface area contributed by atoms with Crippen LogP contribution in [0.25, 0.3) is 33.0 Å². The second kappa shape index (κ2) is 10.4. The molecule has 0 amide bonds. The molecule has 0 radical (unpaired) electrons. The Morgan fingerprint density at radius 3 is 2.24 bits per heavy atom. The van der Waals surface area contributed by atoms with Crippen LogP contribution in [0.5, 0.6) is 0 Å². The summed E-state index contributed by atoms with van der Waals surface area (Å²) in [7, 11) is 4.12. The summed E-state index contributed by atoms with van der Waals surface area (Å²) in [6, 6.07) is 10.2. The van der Waals surface area contributed by atoms with Crippen molar-refractivity contribution in [2.75, 3.05) is 6.54 Å². The molecule has 0 saturated carbocycles. The van der Waals surface area contributed by atoms with E-state index in [0.29, 0.717) is 0 Å². The van der Waals surface area contributed by atoms with Crippen molar-refractivity contribution in [3.8, 4) is 0 Å². The van der Waals surface area contributed by atoms with Gasteiger partial charge in [0.05, 0.1) is 5.52 Å². The third kappa shape index (κ3) is 4.74. The molecule has 0 fully saturated rings. The minimum atomic E-state index is -1.44. The van der Waals surface area contributed by atoms with E-state index >= 15 is 0 Å². The molecule has 11 heteroatoms. The van der Waals surface area contributed by atoms with E-state index in [-0.39, 0.29) is 0 Å². The second-order valence-corrected chi connectivity index (χ2v) is 9.26. The number of nitrogens with one attached hydrogen (secondary N) is 1. The first-order valence-electron chi connectivity index (χ1n) is 10.0. The van der Waals surface area contributed by atoms with E-state index in [9.17, 15) is 0 Å². The number of nitrogens with zero attached hydrogens (tertiary/aromatic N) is 5. The van der Waals surface area contributed by atoms with Crippen LogP contribution >= 0.6 is 31.9 Å². The zero-order valence-electron chi connectivity index (χ0n) is 17.8. The van der Waals surface area contributed by atoms with Crippen LogP contribution in [0, 0.1) is 0 Å². The molecular weight excluding hydrogens is 595 g/mol. The van der Waals surface area contributed by atoms with Gasteiger partial charge in [-0.05, 0) is 67.8 Å². The van der Waals surface area contributed by atoms with Crippen LogP contribution in [0.2, 0.25) is 0 Å². The van der Waals surface area contributed by atoms with Gasteiger partial charge in [-0.1, -0.05) is 0 Å². The van der Waals surface area contributed by atoms with Crippen molar-refractivity contribution in [1.82, 2.24) is 29.4 Å². The quantitative estimate of drug-likeness (QED) is 0.202. The molecule has 0 unspecified atom stereocenters. The topological polar surface area (TPSA) is 94.7 Å². The Hall–Kier alpha value is -2.17. The molecule has 1 aliphatic heterocycles. The van der Waals surface area contributed by atoms with Crippen molar-refractivity contribution in [1.29, 1.82) is 0 Å². The molecular formula is C22H20Br2MnN6O2. The molecule has 0 bridgehead atoms. The zero-order valence-corrected chi connectivity index (χ0v) is 22.2. The van der Waals surface area contributed by atoms with Gasteiger partial charge in [0.2, 0.25) is 0 Å². The number of pyridine rings is 3. The number of hydrogen-bond donors (Lipinski definition) is 1. The first-order valence-corrected chi connectivity index (χ1v) is 12.6. The van der Waals surface area contributed by atoms with Gasteiger partial charge in [-0.3, -0.25) is 4.98 Å². The number of aromatic nitrogens is 5. The van der Waals surface area contributed by atoms with Crippen molar-refractivity contribution in [3.63, 3.8) is 0 Å². The van der Waals surface area contributed by atoms with E-state index in [1.807, 2.05) is 31.4 Å². The van der Waals surface area contributed by atoms with Crippen LogP contribution in [0.4, 0.5) is 0 Å². The fourth-order valence-electron chi connectivity index (χ4n) is 4.23. The number of aryl methyl sites for hydroxylation is 2. The average molecular weight is 615 g/mol. The van der Waals surface area contributed by atoms with Crippen LogP contribution < -0.4 is 5.32 Å². The Labute approximate surface area is 212 Å². The fourth-order valence-corrected chi connectivity index (χ4v) is 4.83. The van der Waals surface area contributed by atoms with Crippen LogP contribution in [-0.2, 0) is 49.6 Å². The van der Waals surface area contributed by atoms with Gasteiger partial charge in [-0.25, -0.2) is 9.97 Å². The Bertz CT molecular complexity index is 1510. The van der Waals surface area contributed by atoms with E-state index < -0.39 is 14.8 Å². The summed E-state index contributed by atoms with van der Waals surface area (Å²) in [5.41, 5.74) is 6.06. The molecule has 6 heterocycles. The Balaban J connectivity index is 0.000000141. The first-order chi connectivity index (χ1) is 16.0. The number of hydrogen-bond acceptors (Lipinski definition) is 6. The molecule has 0 spiro atoms.